The second kappa shape index (κ2) is 6.82. The predicted octanol–water partition coefficient (Wildman–Crippen LogP) is -0.0294. The minimum atomic E-state index is 0.0369. The molecular weight excluding hydrogens is 168 g/mol. The number of hydrazine groups is 3. The first-order chi connectivity index (χ1) is 6.39. The summed E-state index contributed by atoms with van der Waals surface area (Å²) in [5.41, 5.74) is 10.8. The van der Waals surface area contributed by atoms with Gasteiger partial charge in [-0.2, -0.15) is 11.1 Å². The SMILES string of the molecule is O=C1CCCCCCCNNNN1. The first kappa shape index (κ1) is 10.4. The molecule has 0 radical (unpaired) electrons. The zero-order valence-corrected chi connectivity index (χ0v) is 7.86. The highest BCUT2D eigenvalue weighted by molar-refractivity contribution is 5.75. The van der Waals surface area contributed by atoms with Crippen LogP contribution in [-0.4, -0.2) is 12.5 Å². The molecule has 0 aliphatic carbocycles. The third kappa shape index (κ3) is 5.57. The van der Waals surface area contributed by atoms with Gasteiger partial charge in [0.2, 0.25) is 5.91 Å². The maximum atomic E-state index is 11.1. The summed E-state index contributed by atoms with van der Waals surface area (Å²) < 4.78 is 0. The average Bonchev–Trinajstić information content (AvgIpc) is 2.11. The average molecular weight is 186 g/mol. The number of hydrogen-bond acceptors (Lipinski definition) is 4. The first-order valence-corrected chi connectivity index (χ1v) is 4.91. The Balaban J connectivity index is 2.14. The van der Waals surface area contributed by atoms with Gasteiger partial charge in [0.1, 0.15) is 0 Å². The molecule has 13 heavy (non-hydrogen) atoms. The molecule has 0 spiro atoms. The van der Waals surface area contributed by atoms with Gasteiger partial charge in [-0.1, -0.05) is 19.3 Å². The highest BCUT2D eigenvalue weighted by Gasteiger charge is 2.00. The largest absolute Gasteiger partial charge is 0.277 e. The lowest BCUT2D eigenvalue weighted by Crippen LogP contribution is -2.52. The van der Waals surface area contributed by atoms with Gasteiger partial charge < -0.3 is 0 Å². The van der Waals surface area contributed by atoms with Crippen LogP contribution >= 0.6 is 0 Å². The van der Waals surface area contributed by atoms with Crippen LogP contribution < -0.4 is 21.9 Å². The van der Waals surface area contributed by atoms with E-state index in [1.54, 1.807) is 0 Å². The molecule has 1 rings (SSSR count). The topological polar surface area (TPSA) is 65.2 Å². The van der Waals surface area contributed by atoms with E-state index in [0.717, 1.165) is 19.4 Å². The van der Waals surface area contributed by atoms with Gasteiger partial charge >= 0.3 is 0 Å². The fraction of sp³-hybridized carbons (Fsp3) is 0.875. The maximum Gasteiger partial charge on any atom is 0.235 e. The van der Waals surface area contributed by atoms with Crippen molar-refractivity contribution in [1.29, 1.82) is 0 Å². The summed E-state index contributed by atoms with van der Waals surface area (Å²) in [5, 5.41) is 0. The van der Waals surface area contributed by atoms with Gasteiger partial charge in [-0.15, -0.1) is 0 Å². The fourth-order valence-corrected chi connectivity index (χ4v) is 1.30. The third-order valence-corrected chi connectivity index (χ3v) is 2.06. The van der Waals surface area contributed by atoms with E-state index in [1.807, 2.05) is 0 Å². The molecule has 0 unspecified atom stereocenters. The van der Waals surface area contributed by atoms with Gasteiger partial charge in [0.25, 0.3) is 0 Å². The van der Waals surface area contributed by atoms with E-state index in [-0.39, 0.29) is 5.91 Å². The monoisotopic (exact) mass is 186 g/mol. The van der Waals surface area contributed by atoms with Gasteiger partial charge in [0, 0.05) is 13.0 Å². The summed E-state index contributed by atoms with van der Waals surface area (Å²) >= 11 is 0. The summed E-state index contributed by atoms with van der Waals surface area (Å²) in [4.78, 5) is 11.1. The number of nitrogens with one attached hydrogen (secondary N) is 4. The van der Waals surface area contributed by atoms with Crippen molar-refractivity contribution in [2.45, 2.75) is 38.5 Å². The molecule has 1 aliphatic rings. The van der Waals surface area contributed by atoms with Crippen LogP contribution in [0.4, 0.5) is 0 Å². The lowest BCUT2D eigenvalue weighted by Gasteiger charge is -2.11. The predicted molar refractivity (Wildman–Crippen MR) is 50.1 cm³/mol. The Labute approximate surface area is 78.6 Å². The highest BCUT2D eigenvalue weighted by Crippen LogP contribution is 2.04. The lowest BCUT2D eigenvalue weighted by atomic mass is 10.1. The molecule has 0 aromatic rings. The van der Waals surface area contributed by atoms with Crippen LogP contribution in [0.15, 0.2) is 0 Å². The molecule has 1 fully saturated rings. The van der Waals surface area contributed by atoms with Crippen molar-refractivity contribution in [2.75, 3.05) is 6.54 Å². The molecule has 0 atom stereocenters. The standard InChI is InChI=1S/C8H18N4O/c13-8-6-4-2-1-3-5-7-9-11-12-10-8/h9,11-12H,1-7H2,(H,10,13). The molecule has 5 heteroatoms. The van der Waals surface area contributed by atoms with Crippen LogP contribution in [0.5, 0.6) is 0 Å². The summed E-state index contributed by atoms with van der Waals surface area (Å²) in [6.07, 6.45) is 6.37. The summed E-state index contributed by atoms with van der Waals surface area (Å²) in [6.45, 7) is 0.920. The Morgan fingerprint density at radius 3 is 2.62 bits per heavy atom. The van der Waals surface area contributed by atoms with Crippen molar-refractivity contribution in [1.82, 2.24) is 21.9 Å². The Morgan fingerprint density at radius 2 is 1.69 bits per heavy atom. The molecule has 1 heterocycles. The van der Waals surface area contributed by atoms with Crippen LogP contribution in [0.2, 0.25) is 0 Å². The number of rotatable bonds is 0. The summed E-state index contributed by atoms with van der Waals surface area (Å²) in [6, 6.07) is 0. The van der Waals surface area contributed by atoms with Crippen molar-refractivity contribution < 1.29 is 4.79 Å². The Hall–Kier alpha value is -0.650. The first-order valence-electron chi connectivity index (χ1n) is 4.91. The van der Waals surface area contributed by atoms with Crippen LogP contribution in [-0.2, 0) is 4.79 Å². The van der Waals surface area contributed by atoms with Gasteiger partial charge in [0.05, 0.1) is 0 Å². The molecule has 4 N–H and O–H groups in total. The molecule has 1 aliphatic heterocycles. The van der Waals surface area contributed by atoms with Gasteiger partial charge in [-0.25, -0.2) is 5.43 Å². The van der Waals surface area contributed by atoms with Gasteiger partial charge in [-0.3, -0.25) is 10.2 Å². The molecule has 0 aromatic heterocycles. The molecule has 0 bridgehead atoms. The molecule has 1 saturated heterocycles. The highest BCUT2D eigenvalue weighted by atomic mass is 16.2. The Bertz CT molecular complexity index is 137. The molecule has 5 nitrogen and oxygen atoms in total. The lowest BCUT2D eigenvalue weighted by molar-refractivity contribution is -0.122. The zero-order chi connectivity index (χ0) is 9.36. The number of amides is 1. The van der Waals surface area contributed by atoms with E-state index >= 15 is 0 Å². The van der Waals surface area contributed by atoms with E-state index in [1.165, 1.54) is 19.3 Å². The molecule has 1 amide bonds. The van der Waals surface area contributed by atoms with Crippen molar-refractivity contribution >= 4 is 5.91 Å². The number of carbonyl (C=O) groups excluding carboxylic acids is 1. The smallest absolute Gasteiger partial charge is 0.235 e. The molecular formula is C8H18N4O. The van der Waals surface area contributed by atoms with E-state index in [2.05, 4.69) is 21.9 Å². The quantitative estimate of drug-likeness (QED) is 0.429. The fourth-order valence-electron chi connectivity index (χ4n) is 1.30. The number of carbonyl (C=O) groups is 1. The Morgan fingerprint density at radius 1 is 0.923 bits per heavy atom. The minimum Gasteiger partial charge on any atom is -0.277 e. The van der Waals surface area contributed by atoms with Crippen molar-refractivity contribution in [3.63, 3.8) is 0 Å². The molecule has 76 valence electrons. The van der Waals surface area contributed by atoms with Crippen LogP contribution in [0.25, 0.3) is 0 Å². The second-order valence-corrected chi connectivity index (χ2v) is 3.24. The van der Waals surface area contributed by atoms with Crippen LogP contribution in [0, 0.1) is 0 Å². The van der Waals surface area contributed by atoms with E-state index in [9.17, 15) is 4.79 Å². The summed E-state index contributed by atoms with van der Waals surface area (Å²) in [7, 11) is 0. The summed E-state index contributed by atoms with van der Waals surface area (Å²) in [5.74, 6) is 0.0369. The maximum absolute atomic E-state index is 11.1. The Kier molecular flexibility index (Phi) is 5.47. The van der Waals surface area contributed by atoms with Gasteiger partial charge in [0.15, 0.2) is 0 Å². The zero-order valence-electron chi connectivity index (χ0n) is 7.86. The van der Waals surface area contributed by atoms with Crippen LogP contribution in [0.1, 0.15) is 38.5 Å². The van der Waals surface area contributed by atoms with Crippen molar-refractivity contribution in [2.24, 2.45) is 0 Å². The molecule has 0 saturated carbocycles. The van der Waals surface area contributed by atoms with Crippen molar-refractivity contribution in [3.05, 3.63) is 0 Å². The number of hydrogen-bond donors (Lipinski definition) is 4. The molecule has 0 aromatic carbocycles. The van der Waals surface area contributed by atoms with Crippen molar-refractivity contribution in [3.8, 4) is 0 Å². The van der Waals surface area contributed by atoms with Gasteiger partial charge in [-0.05, 0) is 12.8 Å². The normalized spacial score (nSPS) is 22.6. The van der Waals surface area contributed by atoms with E-state index in [0.29, 0.717) is 6.42 Å². The minimum absolute atomic E-state index is 0.0369. The third-order valence-electron chi connectivity index (χ3n) is 2.06. The van der Waals surface area contributed by atoms with Crippen LogP contribution in [0.3, 0.4) is 0 Å². The van der Waals surface area contributed by atoms with E-state index < -0.39 is 0 Å². The van der Waals surface area contributed by atoms with E-state index in [4.69, 9.17) is 0 Å². The second-order valence-electron chi connectivity index (χ2n) is 3.24.